The Kier molecular flexibility index (Phi) is 3.61. The quantitative estimate of drug-likeness (QED) is 0.801. The Morgan fingerprint density at radius 2 is 1.89 bits per heavy atom. The van der Waals surface area contributed by atoms with E-state index in [1.807, 2.05) is 0 Å². The molecule has 94 valence electrons. The number of nitrogens with one attached hydrogen (secondary N) is 1. The van der Waals surface area contributed by atoms with E-state index in [0.29, 0.717) is 0 Å². The summed E-state index contributed by atoms with van der Waals surface area (Å²) in [7, 11) is 0. The number of nitrogens with zero attached hydrogens (tertiary/aromatic N) is 1. The zero-order valence-electron chi connectivity index (χ0n) is 8.51. The molecular formula is C10H4BrCl2FN2O2. The van der Waals surface area contributed by atoms with E-state index in [1.54, 1.807) is 0 Å². The van der Waals surface area contributed by atoms with Gasteiger partial charge in [-0.15, -0.1) is 0 Å². The highest BCUT2D eigenvalue weighted by molar-refractivity contribution is 9.10. The van der Waals surface area contributed by atoms with Crippen molar-refractivity contribution in [2.45, 2.75) is 0 Å². The van der Waals surface area contributed by atoms with Crippen LogP contribution < -0.4 is 11.2 Å². The van der Waals surface area contributed by atoms with Crippen molar-refractivity contribution in [1.82, 2.24) is 9.55 Å². The molecule has 0 radical (unpaired) electrons. The van der Waals surface area contributed by atoms with Crippen molar-refractivity contribution in [3.63, 3.8) is 0 Å². The zero-order chi connectivity index (χ0) is 13.4. The molecule has 4 nitrogen and oxygen atoms in total. The second-order valence-electron chi connectivity index (χ2n) is 3.31. The van der Waals surface area contributed by atoms with Gasteiger partial charge in [-0.2, -0.15) is 0 Å². The van der Waals surface area contributed by atoms with E-state index >= 15 is 0 Å². The molecule has 18 heavy (non-hydrogen) atoms. The van der Waals surface area contributed by atoms with Crippen molar-refractivity contribution in [3.8, 4) is 5.69 Å². The highest BCUT2D eigenvalue weighted by Crippen LogP contribution is 2.28. The van der Waals surface area contributed by atoms with Crippen molar-refractivity contribution >= 4 is 39.1 Å². The molecular weight excluding hydrogens is 350 g/mol. The van der Waals surface area contributed by atoms with Crippen molar-refractivity contribution < 1.29 is 4.39 Å². The number of hydrogen-bond acceptors (Lipinski definition) is 2. The van der Waals surface area contributed by atoms with E-state index < -0.39 is 17.1 Å². The van der Waals surface area contributed by atoms with Crippen LogP contribution in [-0.2, 0) is 0 Å². The molecule has 0 aliphatic carbocycles. The van der Waals surface area contributed by atoms with E-state index in [4.69, 9.17) is 23.2 Å². The largest absolute Gasteiger partial charge is 0.334 e. The number of aromatic nitrogens is 2. The topological polar surface area (TPSA) is 54.9 Å². The molecule has 0 atom stereocenters. The number of benzene rings is 1. The maximum atomic E-state index is 13.1. The molecule has 0 aliphatic heterocycles. The highest BCUT2D eigenvalue weighted by atomic mass is 79.9. The van der Waals surface area contributed by atoms with Crippen LogP contribution in [0.4, 0.5) is 4.39 Å². The summed E-state index contributed by atoms with van der Waals surface area (Å²) in [5, 5.41) is -0.160. The minimum atomic E-state index is -0.762. The summed E-state index contributed by atoms with van der Waals surface area (Å²) in [6.45, 7) is 0. The molecule has 8 heteroatoms. The van der Waals surface area contributed by atoms with E-state index in [9.17, 15) is 14.0 Å². The third kappa shape index (κ3) is 2.36. The van der Waals surface area contributed by atoms with Crippen molar-refractivity contribution in [2.24, 2.45) is 0 Å². The fourth-order valence-electron chi connectivity index (χ4n) is 1.43. The molecule has 1 heterocycles. The predicted molar refractivity (Wildman–Crippen MR) is 70.3 cm³/mol. The first-order valence-corrected chi connectivity index (χ1v) is 6.12. The SMILES string of the molecule is O=c1cc(Cl)[nH]c(=O)n1-c1c(Cl)cc(F)cc1Br. The molecule has 0 spiro atoms. The zero-order valence-corrected chi connectivity index (χ0v) is 11.6. The van der Waals surface area contributed by atoms with Crippen LogP contribution in [0, 0.1) is 5.82 Å². The Labute approximate surface area is 118 Å². The van der Waals surface area contributed by atoms with Crippen molar-refractivity contribution in [1.29, 1.82) is 0 Å². The third-order valence-electron chi connectivity index (χ3n) is 2.11. The lowest BCUT2D eigenvalue weighted by Crippen LogP contribution is -2.33. The van der Waals surface area contributed by atoms with Gasteiger partial charge < -0.3 is 0 Å². The molecule has 0 fully saturated rings. The van der Waals surface area contributed by atoms with Gasteiger partial charge in [0.15, 0.2) is 0 Å². The molecule has 2 aromatic rings. The lowest BCUT2D eigenvalue weighted by molar-refractivity contribution is 0.626. The van der Waals surface area contributed by atoms with Gasteiger partial charge >= 0.3 is 5.69 Å². The Bertz CT molecular complexity index is 687. The number of hydrogen-bond donors (Lipinski definition) is 1. The summed E-state index contributed by atoms with van der Waals surface area (Å²) in [4.78, 5) is 25.7. The minimum absolute atomic E-state index is 0.0565. The first-order valence-electron chi connectivity index (χ1n) is 4.57. The molecule has 0 unspecified atom stereocenters. The Hall–Kier alpha value is -1.11. The van der Waals surface area contributed by atoms with Crippen LogP contribution in [-0.4, -0.2) is 9.55 Å². The maximum absolute atomic E-state index is 13.1. The van der Waals surface area contributed by atoms with Gasteiger partial charge in [-0.1, -0.05) is 23.2 Å². The lowest BCUT2D eigenvalue weighted by Gasteiger charge is -2.09. The first-order chi connectivity index (χ1) is 8.40. The van der Waals surface area contributed by atoms with Gasteiger partial charge in [0.05, 0.1) is 10.7 Å². The van der Waals surface area contributed by atoms with Crippen LogP contribution in [0.25, 0.3) is 5.69 Å². The van der Waals surface area contributed by atoms with Gasteiger partial charge in [-0.25, -0.2) is 13.8 Å². The molecule has 0 saturated carbocycles. The molecule has 1 aromatic carbocycles. The van der Waals surface area contributed by atoms with Crippen LogP contribution in [0.1, 0.15) is 0 Å². The van der Waals surface area contributed by atoms with Gasteiger partial charge in [0.2, 0.25) is 0 Å². The Balaban J connectivity index is 2.87. The van der Waals surface area contributed by atoms with Crippen LogP contribution in [0.3, 0.4) is 0 Å². The smallest absolute Gasteiger partial charge is 0.297 e. The van der Waals surface area contributed by atoms with Crippen LogP contribution in [0.15, 0.2) is 32.3 Å². The summed E-state index contributed by atoms with van der Waals surface area (Å²) in [6, 6.07) is 3.12. The summed E-state index contributed by atoms with van der Waals surface area (Å²) in [5.41, 5.74) is -1.37. The number of rotatable bonds is 1. The molecule has 1 N–H and O–H groups in total. The number of H-pyrrole nitrogens is 1. The molecule has 0 amide bonds. The monoisotopic (exact) mass is 352 g/mol. The summed E-state index contributed by atoms with van der Waals surface area (Å²) in [6.07, 6.45) is 0. The van der Waals surface area contributed by atoms with E-state index in [-0.39, 0.29) is 20.3 Å². The maximum Gasteiger partial charge on any atom is 0.334 e. The fraction of sp³-hybridized carbons (Fsp3) is 0. The summed E-state index contributed by atoms with van der Waals surface area (Å²) in [5.74, 6) is -0.589. The van der Waals surface area contributed by atoms with E-state index in [1.165, 1.54) is 0 Å². The van der Waals surface area contributed by atoms with Gasteiger partial charge in [-0.05, 0) is 28.1 Å². The van der Waals surface area contributed by atoms with Crippen molar-refractivity contribution in [2.75, 3.05) is 0 Å². The normalized spacial score (nSPS) is 10.7. The van der Waals surface area contributed by atoms with Gasteiger partial charge in [0, 0.05) is 10.5 Å². The van der Waals surface area contributed by atoms with Gasteiger partial charge in [0.25, 0.3) is 5.56 Å². The average Bonchev–Trinajstić information content (AvgIpc) is 2.20. The van der Waals surface area contributed by atoms with Crippen molar-refractivity contribution in [3.05, 3.63) is 59.5 Å². The molecule has 0 bridgehead atoms. The van der Waals surface area contributed by atoms with Gasteiger partial charge in [0.1, 0.15) is 11.0 Å². The summed E-state index contributed by atoms with van der Waals surface area (Å²) < 4.78 is 14.0. The molecule has 2 rings (SSSR count). The Morgan fingerprint density at radius 1 is 1.22 bits per heavy atom. The summed E-state index contributed by atoms with van der Waals surface area (Å²) >= 11 is 14.4. The standard InChI is InChI=1S/C10H4BrCl2FN2O2/c11-5-1-4(14)2-6(12)9(5)16-8(17)3-7(13)15-10(16)18/h1-3H,(H,15,18). The highest BCUT2D eigenvalue weighted by Gasteiger charge is 2.14. The average molecular weight is 354 g/mol. The first kappa shape index (κ1) is 13.3. The lowest BCUT2D eigenvalue weighted by atomic mass is 10.3. The molecule has 1 aromatic heterocycles. The molecule has 0 aliphatic rings. The number of halogens is 4. The second kappa shape index (κ2) is 4.87. The van der Waals surface area contributed by atoms with Gasteiger partial charge in [-0.3, -0.25) is 9.78 Å². The van der Waals surface area contributed by atoms with Crippen LogP contribution >= 0.6 is 39.1 Å². The second-order valence-corrected chi connectivity index (χ2v) is 4.98. The van der Waals surface area contributed by atoms with Crippen LogP contribution in [0.2, 0.25) is 10.2 Å². The minimum Gasteiger partial charge on any atom is -0.297 e. The number of aromatic amines is 1. The fourth-order valence-corrected chi connectivity index (χ4v) is 2.62. The molecule has 0 saturated heterocycles. The Morgan fingerprint density at radius 3 is 2.44 bits per heavy atom. The van der Waals surface area contributed by atoms with E-state index in [2.05, 4.69) is 20.9 Å². The predicted octanol–water partition coefficient (Wildman–Crippen LogP) is 2.73. The van der Waals surface area contributed by atoms with E-state index in [0.717, 1.165) is 22.8 Å². The van der Waals surface area contributed by atoms with Crippen LogP contribution in [0.5, 0.6) is 0 Å². The third-order valence-corrected chi connectivity index (χ3v) is 3.20.